The van der Waals surface area contributed by atoms with Crippen LogP contribution >= 0.6 is 0 Å². The Kier molecular flexibility index (Phi) is 5.07. The quantitative estimate of drug-likeness (QED) is 0.747. The Hall–Kier alpha value is -0.780. The van der Waals surface area contributed by atoms with E-state index in [0.717, 1.165) is 0 Å². The highest BCUT2D eigenvalue weighted by molar-refractivity contribution is 5.76. The second-order valence-electron chi connectivity index (χ2n) is 4.09. The van der Waals surface area contributed by atoms with E-state index in [1.807, 2.05) is 0 Å². The van der Waals surface area contributed by atoms with Gasteiger partial charge in [0.15, 0.2) is 0 Å². The fourth-order valence-corrected chi connectivity index (χ4v) is 1.12. The van der Waals surface area contributed by atoms with E-state index in [9.17, 15) is 18.0 Å². The molecule has 1 amide bonds. The molecule has 0 rings (SSSR count). The Bertz CT molecular complexity index is 214. The number of alkyl halides is 3. The summed E-state index contributed by atoms with van der Waals surface area (Å²) >= 11 is 0. The molecule has 0 bridgehead atoms. The highest BCUT2D eigenvalue weighted by atomic mass is 19.4. The van der Waals surface area contributed by atoms with Gasteiger partial charge in [0.2, 0.25) is 5.91 Å². The van der Waals surface area contributed by atoms with Gasteiger partial charge in [-0.3, -0.25) is 4.79 Å². The van der Waals surface area contributed by atoms with Crippen molar-refractivity contribution < 1.29 is 18.0 Å². The van der Waals surface area contributed by atoms with E-state index < -0.39 is 30.5 Å². The third-order valence-corrected chi connectivity index (χ3v) is 1.88. The maximum absolute atomic E-state index is 11.8. The average Bonchev–Trinajstić information content (AvgIpc) is 1.98. The number of hydrogen-bond donors (Lipinski definition) is 2. The zero-order valence-corrected chi connectivity index (χ0v) is 8.95. The van der Waals surface area contributed by atoms with Gasteiger partial charge >= 0.3 is 6.18 Å². The van der Waals surface area contributed by atoms with E-state index in [4.69, 9.17) is 5.73 Å². The number of carbonyl (C=O) groups excluding carboxylic acids is 1. The molecule has 0 unspecified atom stereocenters. The van der Waals surface area contributed by atoms with Crippen molar-refractivity contribution in [2.75, 3.05) is 6.54 Å². The van der Waals surface area contributed by atoms with Gasteiger partial charge in [0.25, 0.3) is 0 Å². The van der Waals surface area contributed by atoms with Crippen LogP contribution in [0.25, 0.3) is 0 Å². The predicted molar refractivity (Wildman–Crippen MR) is 51.2 cm³/mol. The summed E-state index contributed by atoms with van der Waals surface area (Å²) in [5, 5.41) is 2.51. The summed E-state index contributed by atoms with van der Waals surface area (Å²) in [5.74, 6) is -0.592. The molecule has 0 aliphatic carbocycles. The van der Waals surface area contributed by atoms with Gasteiger partial charge in [0.1, 0.15) is 0 Å². The normalized spacial score (nSPS) is 12.7. The van der Waals surface area contributed by atoms with Gasteiger partial charge in [-0.05, 0) is 26.8 Å². The standard InChI is InChI=1S/C9H17F3N2O/c1-8(2,5-6-13)14-7(15)3-4-9(10,11)12/h3-6,13H2,1-2H3,(H,14,15). The number of rotatable bonds is 5. The maximum Gasteiger partial charge on any atom is 0.389 e. The minimum absolute atomic E-state index is 0.381. The summed E-state index contributed by atoms with van der Waals surface area (Å²) in [6.07, 6.45) is -5.37. The van der Waals surface area contributed by atoms with Gasteiger partial charge in [-0.2, -0.15) is 13.2 Å². The van der Waals surface area contributed by atoms with Crippen molar-refractivity contribution in [3.05, 3.63) is 0 Å². The fraction of sp³-hybridized carbons (Fsp3) is 0.889. The van der Waals surface area contributed by atoms with Crippen LogP contribution in [0.15, 0.2) is 0 Å². The topological polar surface area (TPSA) is 55.1 Å². The second-order valence-corrected chi connectivity index (χ2v) is 4.09. The second kappa shape index (κ2) is 5.34. The Morgan fingerprint density at radius 2 is 1.80 bits per heavy atom. The van der Waals surface area contributed by atoms with E-state index in [1.165, 1.54) is 0 Å². The maximum atomic E-state index is 11.8. The number of nitrogens with one attached hydrogen (secondary N) is 1. The zero-order chi connectivity index (χ0) is 12.1. The highest BCUT2D eigenvalue weighted by Gasteiger charge is 2.29. The lowest BCUT2D eigenvalue weighted by molar-refractivity contribution is -0.144. The van der Waals surface area contributed by atoms with E-state index in [-0.39, 0.29) is 0 Å². The Labute approximate surface area is 87.2 Å². The smallest absolute Gasteiger partial charge is 0.351 e. The molecule has 3 nitrogen and oxygen atoms in total. The van der Waals surface area contributed by atoms with Crippen molar-refractivity contribution in [1.82, 2.24) is 5.32 Å². The molecule has 6 heteroatoms. The molecule has 0 radical (unpaired) electrons. The van der Waals surface area contributed by atoms with Gasteiger partial charge in [-0.15, -0.1) is 0 Å². The van der Waals surface area contributed by atoms with Crippen LogP contribution in [0.1, 0.15) is 33.1 Å². The number of amides is 1. The first-order valence-electron chi connectivity index (χ1n) is 4.74. The average molecular weight is 226 g/mol. The first-order valence-corrected chi connectivity index (χ1v) is 4.74. The molecule has 0 saturated carbocycles. The molecule has 0 aromatic carbocycles. The SMILES string of the molecule is CC(C)(CCN)NC(=O)CCC(F)(F)F. The third kappa shape index (κ3) is 8.23. The Morgan fingerprint density at radius 1 is 1.27 bits per heavy atom. The molecule has 0 aliphatic rings. The first kappa shape index (κ1) is 14.2. The molecular weight excluding hydrogens is 209 g/mol. The minimum atomic E-state index is -4.28. The largest absolute Gasteiger partial charge is 0.389 e. The van der Waals surface area contributed by atoms with Gasteiger partial charge in [0.05, 0.1) is 6.42 Å². The van der Waals surface area contributed by atoms with Crippen LogP contribution in [-0.2, 0) is 4.79 Å². The van der Waals surface area contributed by atoms with E-state index in [0.29, 0.717) is 13.0 Å². The van der Waals surface area contributed by atoms with Crippen molar-refractivity contribution >= 4 is 5.91 Å². The molecule has 0 aromatic rings. The van der Waals surface area contributed by atoms with Crippen molar-refractivity contribution in [2.45, 2.75) is 44.8 Å². The van der Waals surface area contributed by atoms with Gasteiger partial charge < -0.3 is 11.1 Å². The predicted octanol–water partition coefficient (Wildman–Crippen LogP) is 1.57. The lowest BCUT2D eigenvalue weighted by atomic mass is 10.0. The van der Waals surface area contributed by atoms with Crippen LogP contribution in [0, 0.1) is 0 Å². The minimum Gasteiger partial charge on any atom is -0.351 e. The summed E-state index contributed by atoms with van der Waals surface area (Å²) in [5.41, 5.74) is 4.76. The summed E-state index contributed by atoms with van der Waals surface area (Å²) < 4.78 is 35.4. The molecule has 3 N–H and O–H groups in total. The van der Waals surface area contributed by atoms with Crippen LogP contribution in [0.5, 0.6) is 0 Å². The monoisotopic (exact) mass is 226 g/mol. The van der Waals surface area contributed by atoms with E-state index in [1.54, 1.807) is 13.8 Å². The lowest BCUT2D eigenvalue weighted by Crippen LogP contribution is -2.44. The van der Waals surface area contributed by atoms with Crippen LogP contribution < -0.4 is 11.1 Å². The molecule has 15 heavy (non-hydrogen) atoms. The summed E-state index contributed by atoms with van der Waals surface area (Å²) in [4.78, 5) is 11.1. The van der Waals surface area contributed by atoms with Crippen molar-refractivity contribution in [3.8, 4) is 0 Å². The summed E-state index contributed by atoms with van der Waals surface area (Å²) in [6.45, 7) is 3.84. The summed E-state index contributed by atoms with van der Waals surface area (Å²) in [7, 11) is 0. The molecule has 0 atom stereocenters. The van der Waals surface area contributed by atoms with Crippen LogP contribution in [0.3, 0.4) is 0 Å². The van der Waals surface area contributed by atoms with Gasteiger partial charge in [-0.25, -0.2) is 0 Å². The molecular formula is C9H17F3N2O. The highest BCUT2D eigenvalue weighted by Crippen LogP contribution is 2.21. The molecule has 0 aliphatic heterocycles. The fourth-order valence-electron chi connectivity index (χ4n) is 1.12. The van der Waals surface area contributed by atoms with Crippen molar-refractivity contribution in [3.63, 3.8) is 0 Å². The van der Waals surface area contributed by atoms with Crippen LogP contribution in [0.2, 0.25) is 0 Å². The third-order valence-electron chi connectivity index (χ3n) is 1.88. The Morgan fingerprint density at radius 3 is 2.20 bits per heavy atom. The molecule has 0 aromatic heterocycles. The number of nitrogens with two attached hydrogens (primary N) is 1. The van der Waals surface area contributed by atoms with Crippen LogP contribution in [0.4, 0.5) is 13.2 Å². The van der Waals surface area contributed by atoms with Crippen LogP contribution in [-0.4, -0.2) is 24.2 Å². The van der Waals surface area contributed by atoms with E-state index in [2.05, 4.69) is 5.32 Å². The van der Waals surface area contributed by atoms with Gasteiger partial charge in [0, 0.05) is 12.0 Å². The molecule has 0 heterocycles. The first-order chi connectivity index (χ1) is 6.66. The molecule has 90 valence electrons. The van der Waals surface area contributed by atoms with Crippen molar-refractivity contribution in [2.24, 2.45) is 5.73 Å². The molecule has 0 fully saturated rings. The van der Waals surface area contributed by atoms with E-state index >= 15 is 0 Å². The summed E-state index contributed by atoms with van der Waals surface area (Å²) in [6, 6.07) is 0. The number of halogens is 3. The number of carbonyl (C=O) groups is 1. The lowest BCUT2D eigenvalue weighted by Gasteiger charge is -2.25. The Balaban J connectivity index is 3.93. The van der Waals surface area contributed by atoms with Gasteiger partial charge in [-0.1, -0.05) is 0 Å². The molecule has 0 spiro atoms. The number of hydrogen-bond acceptors (Lipinski definition) is 2. The van der Waals surface area contributed by atoms with Crippen molar-refractivity contribution in [1.29, 1.82) is 0 Å². The molecule has 0 saturated heterocycles. The zero-order valence-electron chi connectivity index (χ0n) is 8.95.